The summed E-state index contributed by atoms with van der Waals surface area (Å²) in [5.41, 5.74) is -0.235. The molecule has 21 heavy (non-hydrogen) atoms. The van der Waals surface area contributed by atoms with E-state index in [1.54, 1.807) is 0 Å². The summed E-state index contributed by atoms with van der Waals surface area (Å²) in [6.07, 6.45) is 5.23. The van der Waals surface area contributed by atoms with Crippen LogP contribution in [0.1, 0.15) is 32.1 Å². The van der Waals surface area contributed by atoms with E-state index in [9.17, 15) is 14.9 Å². The molecule has 3 atom stereocenters. The molecule has 2 aliphatic rings. The topological polar surface area (TPSA) is 85.1 Å². The minimum absolute atomic E-state index is 0.0688. The molecule has 3 unspecified atom stereocenters. The first-order valence-electron chi connectivity index (χ1n) is 7.13. The summed E-state index contributed by atoms with van der Waals surface area (Å²) in [6, 6.07) is 2.59. The zero-order valence-corrected chi connectivity index (χ0v) is 12.2. The lowest BCUT2D eigenvalue weighted by molar-refractivity contribution is -0.384. The molecule has 1 heterocycles. The number of rotatable bonds is 4. The zero-order valence-electron chi connectivity index (χ0n) is 11.4. The maximum absolute atomic E-state index is 12.1. The van der Waals surface area contributed by atoms with Crippen molar-refractivity contribution in [1.82, 2.24) is 4.98 Å². The molecule has 112 valence electrons. The van der Waals surface area contributed by atoms with Crippen LogP contribution in [0.4, 0.5) is 11.5 Å². The second-order valence-electron chi connectivity index (χ2n) is 5.95. The van der Waals surface area contributed by atoms with Gasteiger partial charge in [-0.1, -0.05) is 18.0 Å². The van der Waals surface area contributed by atoms with E-state index in [0.717, 1.165) is 12.3 Å². The summed E-state index contributed by atoms with van der Waals surface area (Å²) in [5, 5.41) is 13.6. The van der Waals surface area contributed by atoms with Crippen LogP contribution in [-0.2, 0) is 4.79 Å². The third-order valence-corrected chi connectivity index (χ3v) is 4.84. The van der Waals surface area contributed by atoms with Gasteiger partial charge in [0, 0.05) is 12.5 Å². The molecule has 0 aliphatic heterocycles. The van der Waals surface area contributed by atoms with Crippen LogP contribution in [0.2, 0.25) is 5.15 Å². The minimum atomic E-state index is -0.573. The number of hydrogen-bond acceptors (Lipinski definition) is 4. The Morgan fingerprint density at radius 2 is 2.24 bits per heavy atom. The predicted octanol–water partition coefficient (Wildman–Crippen LogP) is 3.41. The van der Waals surface area contributed by atoms with Gasteiger partial charge in [-0.3, -0.25) is 14.9 Å². The van der Waals surface area contributed by atoms with Crippen molar-refractivity contribution < 1.29 is 9.72 Å². The quantitative estimate of drug-likeness (QED) is 0.524. The van der Waals surface area contributed by atoms with Gasteiger partial charge < -0.3 is 5.32 Å². The van der Waals surface area contributed by atoms with Gasteiger partial charge in [-0.15, -0.1) is 0 Å². The van der Waals surface area contributed by atoms with Gasteiger partial charge in [0.2, 0.25) is 11.7 Å². The standard InChI is InChI=1S/C14H16ClN3O3/c15-12-4-3-11(18(20)21)14(16-12)17-13(19)7-10-6-8-1-2-9(10)5-8/h3-4,8-10H,1-2,5-7H2,(H,16,17,19). The molecule has 0 spiro atoms. The number of nitro groups is 1. The molecule has 0 aromatic carbocycles. The Hall–Kier alpha value is -1.69. The third kappa shape index (κ3) is 3.00. The van der Waals surface area contributed by atoms with Crippen LogP contribution in [-0.4, -0.2) is 15.8 Å². The number of pyridine rings is 1. The van der Waals surface area contributed by atoms with Crippen molar-refractivity contribution in [3.63, 3.8) is 0 Å². The van der Waals surface area contributed by atoms with E-state index in [0.29, 0.717) is 18.3 Å². The van der Waals surface area contributed by atoms with Crippen LogP contribution in [0.5, 0.6) is 0 Å². The summed E-state index contributed by atoms with van der Waals surface area (Å²) < 4.78 is 0. The normalized spacial score (nSPS) is 26.8. The van der Waals surface area contributed by atoms with Crippen LogP contribution in [0.3, 0.4) is 0 Å². The molecule has 2 fully saturated rings. The monoisotopic (exact) mass is 309 g/mol. The van der Waals surface area contributed by atoms with E-state index in [4.69, 9.17) is 11.6 Å². The summed E-state index contributed by atoms with van der Waals surface area (Å²) >= 11 is 5.74. The average molecular weight is 310 g/mol. The Bertz CT molecular complexity index is 593. The Balaban J connectivity index is 1.67. The number of halogens is 1. The molecule has 6 nitrogen and oxygen atoms in total. The van der Waals surface area contributed by atoms with Gasteiger partial charge in [0.25, 0.3) is 0 Å². The maximum Gasteiger partial charge on any atom is 0.311 e. The Morgan fingerprint density at radius 1 is 1.43 bits per heavy atom. The summed E-state index contributed by atoms with van der Waals surface area (Å²) in [4.78, 5) is 26.3. The molecule has 2 bridgehead atoms. The number of carbonyl (C=O) groups is 1. The second kappa shape index (κ2) is 5.60. The highest BCUT2D eigenvalue weighted by atomic mass is 35.5. The lowest BCUT2D eigenvalue weighted by atomic mass is 9.86. The van der Waals surface area contributed by atoms with Crippen LogP contribution in [0, 0.1) is 27.9 Å². The van der Waals surface area contributed by atoms with Gasteiger partial charge in [0.1, 0.15) is 5.15 Å². The van der Waals surface area contributed by atoms with Gasteiger partial charge >= 0.3 is 5.69 Å². The number of fused-ring (bicyclic) bond motifs is 2. The summed E-state index contributed by atoms with van der Waals surface area (Å²) in [6.45, 7) is 0. The number of nitrogens with zero attached hydrogens (tertiary/aromatic N) is 2. The lowest BCUT2D eigenvalue weighted by Gasteiger charge is -2.20. The second-order valence-corrected chi connectivity index (χ2v) is 6.33. The van der Waals surface area contributed by atoms with Gasteiger partial charge in [-0.2, -0.15) is 0 Å². The van der Waals surface area contributed by atoms with Crippen molar-refractivity contribution in [1.29, 1.82) is 0 Å². The number of nitrogens with one attached hydrogen (secondary N) is 1. The molecule has 2 aliphatic carbocycles. The van der Waals surface area contributed by atoms with E-state index in [-0.39, 0.29) is 22.6 Å². The molecule has 1 aromatic rings. The summed E-state index contributed by atoms with van der Waals surface area (Å²) in [7, 11) is 0. The van der Waals surface area contributed by atoms with Crippen LogP contribution < -0.4 is 5.32 Å². The molecule has 2 saturated carbocycles. The van der Waals surface area contributed by atoms with Crippen molar-refractivity contribution in [3.8, 4) is 0 Å². The van der Waals surface area contributed by atoms with Crippen molar-refractivity contribution >= 4 is 29.0 Å². The first kappa shape index (κ1) is 14.3. The van der Waals surface area contributed by atoms with Gasteiger partial charge in [-0.05, 0) is 43.1 Å². The Labute approximate surface area is 127 Å². The fraction of sp³-hybridized carbons (Fsp3) is 0.571. The fourth-order valence-electron chi connectivity index (χ4n) is 3.71. The van der Waals surface area contributed by atoms with E-state index in [1.807, 2.05) is 0 Å². The molecule has 7 heteroatoms. The van der Waals surface area contributed by atoms with Crippen molar-refractivity contribution in [2.75, 3.05) is 5.32 Å². The highest BCUT2D eigenvalue weighted by Gasteiger charge is 2.40. The number of hydrogen-bond donors (Lipinski definition) is 1. The zero-order chi connectivity index (χ0) is 15.0. The highest BCUT2D eigenvalue weighted by molar-refractivity contribution is 6.29. The summed E-state index contributed by atoms with van der Waals surface area (Å²) in [5.74, 6) is 1.53. The Kier molecular flexibility index (Phi) is 3.80. The molecule has 0 radical (unpaired) electrons. The molecule has 1 amide bonds. The van der Waals surface area contributed by atoms with Crippen LogP contribution in [0.15, 0.2) is 12.1 Å². The maximum atomic E-state index is 12.1. The predicted molar refractivity (Wildman–Crippen MR) is 78.1 cm³/mol. The van der Waals surface area contributed by atoms with Crippen molar-refractivity contribution in [3.05, 3.63) is 27.4 Å². The minimum Gasteiger partial charge on any atom is -0.305 e. The van der Waals surface area contributed by atoms with Gasteiger partial charge in [0.05, 0.1) is 4.92 Å². The van der Waals surface area contributed by atoms with Crippen molar-refractivity contribution in [2.45, 2.75) is 32.1 Å². The number of carbonyl (C=O) groups excluding carboxylic acids is 1. The lowest BCUT2D eigenvalue weighted by Crippen LogP contribution is -2.21. The molecule has 3 rings (SSSR count). The van der Waals surface area contributed by atoms with E-state index < -0.39 is 4.92 Å². The average Bonchev–Trinajstić information content (AvgIpc) is 3.00. The number of anilines is 1. The third-order valence-electron chi connectivity index (χ3n) is 4.63. The first-order chi connectivity index (χ1) is 10.0. The molecule has 1 aromatic heterocycles. The van der Waals surface area contributed by atoms with Gasteiger partial charge in [-0.25, -0.2) is 4.98 Å². The van der Waals surface area contributed by atoms with E-state index >= 15 is 0 Å². The van der Waals surface area contributed by atoms with Gasteiger partial charge in [0.15, 0.2) is 0 Å². The van der Waals surface area contributed by atoms with Crippen molar-refractivity contribution in [2.24, 2.45) is 17.8 Å². The molecular formula is C14H16ClN3O3. The smallest absolute Gasteiger partial charge is 0.305 e. The number of amides is 1. The number of aromatic nitrogens is 1. The largest absolute Gasteiger partial charge is 0.311 e. The van der Waals surface area contributed by atoms with Crippen LogP contribution in [0.25, 0.3) is 0 Å². The SMILES string of the molecule is O=C(CC1CC2CCC1C2)Nc1nc(Cl)ccc1[N+](=O)[O-]. The fourth-order valence-corrected chi connectivity index (χ4v) is 3.86. The molecule has 1 N–H and O–H groups in total. The van der Waals surface area contributed by atoms with Crippen LogP contribution >= 0.6 is 11.6 Å². The first-order valence-corrected chi connectivity index (χ1v) is 7.51. The van der Waals surface area contributed by atoms with E-state index in [2.05, 4.69) is 10.3 Å². The van der Waals surface area contributed by atoms with E-state index in [1.165, 1.54) is 31.4 Å². The highest BCUT2D eigenvalue weighted by Crippen LogP contribution is 2.49. The molecule has 0 saturated heterocycles. The Morgan fingerprint density at radius 3 is 2.86 bits per heavy atom. The molecular weight excluding hydrogens is 294 g/mol.